The van der Waals surface area contributed by atoms with Crippen molar-refractivity contribution in [3.05, 3.63) is 52.0 Å². The van der Waals surface area contributed by atoms with Gasteiger partial charge in [0.15, 0.2) is 11.5 Å². The average Bonchev–Trinajstić information content (AvgIpc) is 2.32. The summed E-state index contributed by atoms with van der Waals surface area (Å²) in [6.07, 6.45) is 0. The molecule has 0 fully saturated rings. The van der Waals surface area contributed by atoms with E-state index in [0.717, 1.165) is 12.1 Å². The van der Waals surface area contributed by atoms with Crippen LogP contribution in [0.4, 0.5) is 14.5 Å². The number of anilines is 1. The summed E-state index contributed by atoms with van der Waals surface area (Å²) in [6.45, 7) is 0.217. The highest BCUT2D eigenvalue weighted by Gasteiger charge is 2.09. The predicted octanol–water partition coefficient (Wildman–Crippen LogP) is 3.75. The molecule has 0 atom stereocenters. The Morgan fingerprint density at radius 3 is 2.42 bits per heavy atom. The van der Waals surface area contributed by atoms with Crippen molar-refractivity contribution >= 4 is 21.6 Å². The Morgan fingerprint density at radius 1 is 1.05 bits per heavy atom. The lowest BCUT2D eigenvalue weighted by Gasteiger charge is -2.10. The van der Waals surface area contributed by atoms with Gasteiger partial charge in [0.2, 0.25) is 0 Å². The van der Waals surface area contributed by atoms with Gasteiger partial charge >= 0.3 is 0 Å². The molecule has 6 heteroatoms. The van der Waals surface area contributed by atoms with Crippen molar-refractivity contribution in [2.75, 3.05) is 5.32 Å². The highest BCUT2D eigenvalue weighted by Crippen LogP contribution is 2.29. The van der Waals surface area contributed by atoms with Crippen LogP contribution < -0.4 is 5.32 Å². The first kappa shape index (κ1) is 13.6. The van der Waals surface area contributed by atoms with E-state index in [-0.39, 0.29) is 28.2 Å². The molecule has 2 aromatic carbocycles. The molecule has 0 heterocycles. The number of phenols is 2. The zero-order chi connectivity index (χ0) is 14.0. The fourth-order valence-electron chi connectivity index (χ4n) is 1.58. The molecule has 0 aliphatic heterocycles. The van der Waals surface area contributed by atoms with E-state index in [1.54, 1.807) is 6.07 Å². The van der Waals surface area contributed by atoms with Gasteiger partial charge in [0.25, 0.3) is 0 Å². The van der Waals surface area contributed by atoms with Gasteiger partial charge in [0.05, 0.1) is 5.69 Å². The minimum absolute atomic E-state index is 0.133. The van der Waals surface area contributed by atoms with Crippen LogP contribution in [-0.4, -0.2) is 10.2 Å². The molecule has 0 saturated heterocycles. The quantitative estimate of drug-likeness (QED) is 0.752. The van der Waals surface area contributed by atoms with Crippen molar-refractivity contribution in [3.63, 3.8) is 0 Å². The van der Waals surface area contributed by atoms with Gasteiger partial charge in [0, 0.05) is 17.1 Å². The molecule has 0 bridgehead atoms. The van der Waals surface area contributed by atoms with E-state index in [4.69, 9.17) is 5.11 Å². The first-order valence-electron chi connectivity index (χ1n) is 5.36. The van der Waals surface area contributed by atoms with E-state index in [1.165, 1.54) is 12.1 Å². The third kappa shape index (κ3) is 3.14. The lowest BCUT2D eigenvalue weighted by atomic mass is 10.2. The number of halogens is 3. The summed E-state index contributed by atoms with van der Waals surface area (Å²) in [4.78, 5) is 0. The predicted molar refractivity (Wildman–Crippen MR) is 71.2 cm³/mol. The first-order chi connectivity index (χ1) is 8.97. The Morgan fingerprint density at radius 2 is 1.79 bits per heavy atom. The molecule has 0 amide bonds. The van der Waals surface area contributed by atoms with Gasteiger partial charge in [0.1, 0.15) is 11.6 Å². The summed E-state index contributed by atoms with van der Waals surface area (Å²) in [5.41, 5.74) is 0.778. The molecule has 2 aromatic rings. The second-order valence-corrected chi connectivity index (χ2v) is 4.78. The Bertz CT molecular complexity index is 597. The number of hydrogen-bond donors (Lipinski definition) is 3. The Hall–Kier alpha value is -1.82. The fourth-order valence-corrected chi connectivity index (χ4v) is 2.13. The van der Waals surface area contributed by atoms with Gasteiger partial charge in [-0.05, 0) is 39.7 Å². The van der Waals surface area contributed by atoms with E-state index in [1.807, 2.05) is 0 Å². The van der Waals surface area contributed by atoms with Crippen molar-refractivity contribution in [1.82, 2.24) is 0 Å². The second kappa shape index (κ2) is 5.44. The van der Waals surface area contributed by atoms with Crippen molar-refractivity contribution in [2.24, 2.45) is 0 Å². The first-order valence-corrected chi connectivity index (χ1v) is 6.16. The van der Waals surface area contributed by atoms with Gasteiger partial charge in [-0.3, -0.25) is 0 Å². The summed E-state index contributed by atoms with van der Waals surface area (Å²) in [5.74, 6) is -1.86. The molecule has 0 aliphatic carbocycles. The zero-order valence-corrected chi connectivity index (χ0v) is 11.2. The normalized spacial score (nSPS) is 10.5. The van der Waals surface area contributed by atoms with Gasteiger partial charge in [-0.25, -0.2) is 8.78 Å². The van der Waals surface area contributed by atoms with Crippen LogP contribution in [0.1, 0.15) is 5.56 Å². The van der Waals surface area contributed by atoms with Crippen molar-refractivity contribution in [2.45, 2.75) is 6.54 Å². The van der Waals surface area contributed by atoms with Gasteiger partial charge in [-0.15, -0.1) is 0 Å². The molecule has 2 rings (SSSR count). The molecular formula is C13H10BrF2NO2. The number of phenolic OH excluding ortho intramolecular Hbond substituents is 2. The third-order valence-corrected chi connectivity index (χ3v) is 3.14. The molecule has 0 aliphatic rings. The number of rotatable bonds is 3. The van der Waals surface area contributed by atoms with E-state index in [2.05, 4.69) is 21.2 Å². The fraction of sp³-hybridized carbons (Fsp3) is 0.0769. The smallest absolute Gasteiger partial charge is 0.157 e. The van der Waals surface area contributed by atoms with Crippen molar-refractivity contribution < 1.29 is 19.0 Å². The summed E-state index contributed by atoms with van der Waals surface area (Å²) in [7, 11) is 0. The van der Waals surface area contributed by atoms with E-state index in [9.17, 15) is 13.9 Å². The maximum atomic E-state index is 13.5. The third-order valence-electron chi connectivity index (χ3n) is 2.52. The SMILES string of the molecule is Oc1ccc(CNc2c(F)cc(F)cc2Br)cc1O. The maximum absolute atomic E-state index is 13.5. The Kier molecular flexibility index (Phi) is 3.90. The molecule has 100 valence electrons. The minimum Gasteiger partial charge on any atom is -0.504 e. The van der Waals surface area contributed by atoms with Gasteiger partial charge in [-0.2, -0.15) is 0 Å². The minimum atomic E-state index is -0.713. The Labute approximate surface area is 116 Å². The van der Waals surface area contributed by atoms with Crippen LogP contribution in [0.5, 0.6) is 11.5 Å². The number of aromatic hydroxyl groups is 2. The number of nitrogens with one attached hydrogen (secondary N) is 1. The summed E-state index contributed by atoms with van der Waals surface area (Å²) in [6, 6.07) is 6.21. The van der Waals surface area contributed by atoms with Crippen molar-refractivity contribution in [3.8, 4) is 11.5 Å². The van der Waals surface area contributed by atoms with Crippen LogP contribution in [0.25, 0.3) is 0 Å². The summed E-state index contributed by atoms with van der Waals surface area (Å²) in [5, 5.41) is 21.3. The number of benzene rings is 2. The zero-order valence-electron chi connectivity index (χ0n) is 9.62. The van der Waals surface area contributed by atoms with Gasteiger partial charge < -0.3 is 15.5 Å². The van der Waals surface area contributed by atoms with E-state index < -0.39 is 11.6 Å². The van der Waals surface area contributed by atoms with Crippen LogP contribution in [0.15, 0.2) is 34.8 Å². The lowest BCUT2D eigenvalue weighted by Crippen LogP contribution is -2.02. The molecule has 0 radical (unpaired) electrons. The van der Waals surface area contributed by atoms with Crippen molar-refractivity contribution in [1.29, 1.82) is 0 Å². The molecule has 3 nitrogen and oxygen atoms in total. The topological polar surface area (TPSA) is 52.5 Å². The van der Waals surface area contributed by atoms with E-state index >= 15 is 0 Å². The second-order valence-electron chi connectivity index (χ2n) is 3.92. The highest BCUT2D eigenvalue weighted by atomic mass is 79.9. The van der Waals surface area contributed by atoms with E-state index in [0.29, 0.717) is 5.56 Å². The monoisotopic (exact) mass is 329 g/mol. The largest absolute Gasteiger partial charge is 0.504 e. The molecule has 0 spiro atoms. The van der Waals surface area contributed by atoms with Crippen LogP contribution >= 0.6 is 15.9 Å². The highest BCUT2D eigenvalue weighted by molar-refractivity contribution is 9.10. The summed E-state index contributed by atoms with van der Waals surface area (Å²) < 4.78 is 26.7. The van der Waals surface area contributed by atoms with Crippen LogP contribution in [-0.2, 0) is 6.54 Å². The lowest BCUT2D eigenvalue weighted by molar-refractivity contribution is 0.403. The molecule has 0 unspecified atom stereocenters. The molecular weight excluding hydrogens is 320 g/mol. The average molecular weight is 330 g/mol. The standard InChI is InChI=1S/C13H10BrF2NO2/c14-9-4-8(15)5-10(16)13(9)17-6-7-1-2-11(18)12(19)3-7/h1-5,17-19H,6H2. The number of hydrogen-bond acceptors (Lipinski definition) is 3. The van der Waals surface area contributed by atoms with Crippen LogP contribution in [0.3, 0.4) is 0 Å². The maximum Gasteiger partial charge on any atom is 0.157 e. The summed E-state index contributed by atoms with van der Waals surface area (Å²) >= 11 is 3.07. The molecule has 3 N–H and O–H groups in total. The van der Waals surface area contributed by atoms with Crippen LogP contribution in [0.2, 0.25) is 0 Å². The molecule has 0 aromatic heterocycles. The Balaban J connectivity index is 2.16. The van der Waals surface area contributed by atoms with Crippen LogP contribution in [0, 0.1) is 11.6 Å². The molecule has 0 saturated carbocycles. The molecule has 19 heavy (non-hydrogen) atoms. The van der Waals surface area contributed by atoms with Gasteiger partial charge in [-0.1, -0.05) is 6.07 Å².